The monoisotopic (exact) mass is 278 g/mol. The maximum Gasteiger partial charge on any atom is 0.154 e. The molecular weight excluding hydrogens is 268 g/mol. The maximum atomic E-state index is 9.05. The third-order valence-electron chi connectivity index (χ3n) is 2.18. The Balaban J connectivity index is 2.47. The van der Waals surface area contributed by atoms with Gasteiger partial charge in [-0.25, -0.2) is 9.97 Å². The summed E-state index contributed by atoms with van der Waals surface area (Å²) >= 11 is 3.39. The molecule has 0 fully saturated rings. The van der Waals surface area contributed by atoms with E-state index in [0.29, 0.717) is 5.82 Å². The average Bonchev–Trinajstić information content (AvgIpc) is 2.29. The number of aliphatic hydroxyl groups is 1. The van der Waals surface area contributed by atoms with Crippen molar-refractivity contribution in [2.24, 2.45) is 0 Å². The fourth-order valence-electron chi connectivity index (χ4n) is 1.47. The van der Waals surface area contributed by atoms with E-state index in [4.69, 9.17) is 5.11 Å². The summed E-state index contributed by atoms with van der Waals surface area (Å²) in [7, 11) is 0. The van der Waals surface area contributed by atoms with Crippen LogP contribution in [-0.4, -0.2) is 15.1 Å². The van der Waals surface area contributed by atoms with Crippen LogP contribution in [0.25, 0.3) is 11.3 Å². The van der Waals surface area contributed by atoms with Gasteiger partial charge in [0.25, 0.3) is 0 Å². The van der Waals surface area contributed by atoms with Crippen LogP contribution in [0.3, 0.4) is 0 Å². The van der Waals surface area contributed by atoms with Gasteiger partial charge in [0.15, 0.2) is 5.82 Å². The number of halogens is 1. The van der Waals surface area contributed by atoms with Crippen LogP contribution < -0.4 is 0 Å². The summed E-state index contributed by atoms with van der Waals surface area (Å²) in [5, 5.41) is 9.05. The lowest BCUT2D eigenvalue weighted by atomic mass is 10.1. The van der Waals surface area contributed by atoms with Gasteiger partial charge in [-0.1, -0.05) is 28.1 Å². The van der Waals surface area contributed by atoms with Crippen molar-refractivity contribution in [2.45, 2.75) is 13.5 Å². The van der Waals surface area contributed by atoms with Crippen molar-refractivity contribution < 1.29 is 5.11 Å². The second-order valence-electron chi connectivity index (χ2n) is 3.48. The molecule has 0 radical (unpaired) electrons. The number of nitrogens with zero attached hydrogens (tertiary/aromatic N) is 2. The molecule has 0 saturated carbocycles. The number of aromatic nitrogens is 2. The maximum absolute atomic E-state index is 9.05. The molecule has 1 heterocycles. The lowest BCUT2D eigenvalue weighted by molar-refractivity contribution is 0.271. The molecule has 0 spiro atoms. The zero-order chi connectivity index (χ0) is 11.5. The van der Waals surface area contributed by atoms with E-state index < -0.39 is 0 Å². The second kappa shape index (κ2) is 4.72. The Bertz CT molecular complexity index is 497. The molecule has 1 aromatic heterocycles. The molecule has 2 rings (SSSR count). The Morgan fingerprint density at radius 3 is 2.50 bits per heavy atom. The van der Waals surface area contributed by atoms with Crippen molar-refractivity contribution in [3.05, 3.63) is 46.3 Å². The van der Waals surface area contributed by atoms with E-state index in [2.05, 4.69) is 25.9 Å². The fraction of sp³-hybridized carbons (Fsp3) is 0.167. The number of hydrogen-bond acceptors (Lipinski definition) is 3. The Hall–Kier alpha value is -1.26. The van der Waals surface area contributed by atoms with Gasteiger partial charge in [0.1, 0.15) is 6.61 Å². The Kier molecular flexibility index (Phi) is 3.31. The summed E-state index contributed by atoms with van der Waals surface area (Å²) in [6.07, 6.45) is 0. The van der Waals surface area contributed by atoms with Gasteiger partial charge in [0, 0.05) is 15.7 Å². The average molecular weight is 279 g/mol. The van der Waals surface area contributed by atoms with Gasteiger partial charge < -0.3 is 5.11 Å². The highest BCUT2D eigenvalue weighted by atomic mass is 79.9. The van der Waals surface area contributed by atoms with Crippen molar-refractivity contribution in [1.29, 1.82) is 0 Å². The van der Waals surface area contributed by atoms with Crippen LogP contribution >= 0.6 is 15.9 Å². The van der Waals surface area contributed by atoms with Gasteiger partial charge in [-0.05, 0) is 25.1 Å². The Morgan fingerprint density at radius 2 is 1.88 bits per heavy atom. The summed E-state index contributed by atoms with van der Waals surface area (Å²) in [6, 6.07) is 9.79. The van der Waals surface area contributed by atoms with E-state index in [1.54, 1.807) is 0 Å². The van der Waals surface area contributed by atoms with Crippen LogP contribution in [-0.2, 0) is 6.61 Å². The first kappa shape index (κ1) is 11.2. The smallest absolute Gasteiger partial charge is 0.154 e. The predicted octanol–water partition coefficient (Wildman–Crippen LogP) is 2.71. The van der Waals surface area contributed by atoms with Gasteiger partial charge in [-0.15, -0.1) is 0 Å². The molecule has 0 aliphatic heterocycles. The highest BCUT2D eigenvalue weighted by Crippen LogP contribution is 2.20. The number of benzene rings is 1. The molecule has 16 heavy (non-hydrogen) atoms. The Morgan fingerprint density at radius 1 is 1.19 bits per heavy atom. The molecule has 82 valence electrons. The molecule has 0 atom stereocenters. The highest BCUT2D eigenvalue weighted by Gasteiger charge is 2.03. The molecule has 0 amide bonds. The van der Waals surface area contributed by atoms with Gasteiger partial charge in [0.05, 0.1) is 5.69 Å². The molecular formula is C12H11BrN2O. The Labute approximate surface area is 102 Å². The summed E-state index contributed by atoms with van der Waals surface area (Å²) in [6.45, 7) is 1.76. The lowest BCUT2D eigenvalue weighted by Gasteiger charge is -2.04. The van der Waals surface area contributed by atoms with Crippen molar-refractivity contribution in [3.8, 4) is 11.3 Å². The van der Waals surface area contributed by atoms with Crippen LogP contribution in [0.1, 0.15) is 11.5 Å². The zero-order valence-corrected chi connectivity index (χ0v) is 10.4. The summed E-state index contributed by atoms with van der Waals surface area (Å²) in [4.78, 5) is 8.40. The van der Waals surface area contributed by atoms with Crippen molar-refractivity contribution in [3.63, 3.8) is 0 Å². The summed E-state index contributed by atoms with van der Waals surface area (Å²) < 4.78 is 1.03. The standard InChI is InChI=1S/C12H11BrN2O/c1-8-6-11(15-12(7-16)14-8)9-2-4-10(13)5-3-9/h2-6,16H,7H2,1H3. The van der Waals surface area contributed by atoms with Gasteiger partial charge in [-0.3, -0.25) is 0 Å². The van der Waals surface area contributed by atoms with E-state index in [1.165, 1.54) is 0 Å². The van der Waals surface area contributed by atoms with E-state index in [1.807, 2.05) is 37.3 Å². The minimum absolute atomic E-state index is 0.134. The largest absolute Gasteiger partial charge is 0.388 e. The molecule has 2 aromatic rings. The second-order valence-corrected chi connectivity index (χ2v) is 4.39. The topological polar surface area (TPSA) is 46.0 Å². The van der Waals surface area contributed by atoms with Gasteiger partial charge >= 0.3 is 0 Å². The molecule has 0 aliphatic rings. The predicted molar refractivity (Wildman–Crippen MR) is 65.8 cm³/mol. The van der Waals surface area contributed by atoms with Crippen LogP contribution in [0.5, 0.6) is 0 Å². The van der Waals surface area contributed by atoms with Crippen molar-refractivity contribution >= 4 is 15.9 Å². The van der Waals surface area contributed by atoms with Crippen LogP contribution in [0.4, 0.5) is 0 Å². The normalized spacial score (nSPS) is 10.4. The van der Waals surface area contributed by atoms with E-state index in [9.17, 15) is 0 Å². The van der Waals surface area contributed by atoms with Crippen LogP contribution in [0.15, 0.2) is 34.8 Å². The van der Waals surface area contributed by atoms with Crippen LogP contribution in [0, 0.1) is 6.92 Å². The minimum Gasteiger partial charge on any atom is -0.388 e. The number of rotatable bonds is 2. The number of aryl methyl sites for hydroxylation is 1. The quantitative estimate of drug-likeness (QED) is 0.919. The molecule has 0 aliphatic carbocycles. The van der Waals surface area contributed by atoms with E-state index >= 15 is 0 Å². The van der Waals surface area contributed by atoms with Gasteiger partial charge in [0.2, 0.25) is 0 Å². The fourth-order valence-corrected chi connectivity index (χ4v) is 1.73. The summed E-state index contributed by atoms with van der Waals surface area (Å²) in [5.74, 6) is 0.456. The molecule has 0 unspecified atom stereocenters. The van der Waals surface area contributed by atoms with Crippen molar-refractivity contribution in [1.82, 2.24) is 9.97 Å². The first-order valence-electron chi connectivity index (χ1n) is 4.90. The van der Waals surface area contributed by atoms with E-state index in [-0.39, 0.29) is 6.61 Å². The molecule has 0 bridgehead atoms. The first-order valence-corrected chi connectivity index (χ1v) is 5.69. The molecule has 1 N–H and O–H groups in total. The number of hydrogen-bond donors (Lipinski definition) is 1. The molecule has 3 nitrogen and oxygen atoms in total. The van der Waals surface area contributed by atoms with Crippen LogP contribution in [0.2, 0.25) is 0 Å². The lowest BCUT2D eigenvalue weighted by Crippen LogP contribution is -1.98. The molecule has 4 heteroatoms. The van der Waals surface area contributed by atoms with Gasteiger partial charge in [-0.2, -0.15) is 0 Å². The number of aliphatic hydroxyl groups excluding tert-OH is 1. The van der Waals surface area contributed by atoms with E-state index in [0.717, 1.165) is 21.4 Å². The first-order chi connectivity index (χ1) is 7.69. The molecule has 0 saturated heterocycles. The molecule has 1 aromatic carbocycles. The third kappa shape index (κ3) is 2.46. The minimum atomic E-state index is -0.134. The van der Waals surface area contributed by atoms with Crippen molar-refractivity contribution in [2.75, 3.05) is 0 Å². The third-order valence-corrected chi connectivity index (χ3v) is 2.71. The highest BCUT2D eigenvalue weighted by molar-refractivity contribution is 9.10. The zero-order valence-electron chi connectivity index (χ0n) is 8.81. The summed E-state index contributed by atoms with van der Waals surface area (Å²) in [5.41, 5.74) is 2.71. The SMILES string of the molecule is Cc1cc(-c2ccc(Br)cc2)nc(CO)n1.